The SMILES string of the molecule is O=C(NCCCNc1ccnc2cc(Cl)ccc12)c1cn2c3c(cccc3c1=O)CCC2. The van der Waals surface area contributed by atoms with E-state index in [1.165, 1.54) is 5.56 Å². The van der Waals surface area contributed by atoms with E-state index in [-0.39, 0.29) is 16.9 Å². The van der Waals surface area contributed by atoms with Crippen molar-refractivity contribution in [2.75, 3.05) is 18.4 Å². The lowest BCUT2D eigenvalue weighted by molar-refractivity contribution is 0.0952. The van der Waals surface area contributed by atoms with Crippen LogP contribution in [0.5, 0.6) is 0 Å². The lowest BCUT2D eigenvalue weighted by Crippen LogP contribution is -2.31. The van der Waals surface area contributed by atoms with Gasteiger partial charge in [0.2, 0.25) is 5.43 Å². The van der Waals surface area contributed by atoms with Crippen LogP contribution in [-0.4, -0.2) is 28.5 Å². The van der Waals surface area contributed by atoms with Gasteiger partial charge in [0.15, 0.2) is 0 Å². The molecule has 1 amide bonds. The van der Waals surface area contributed by atoms with Crippen molar-refractivity contribution in [1.29, 1.82) is 0 Å². The fourth-order valence-corrected chi connectivity index (χ4v) is 4.57. The zero-order valence-electron chi connectivity index (χ0n) is 17.5. The molecule has 162 valence electrons. The molecule has 0 saturated carbocycles. The number of para-hydroxylation sites is 1. The highest BCUT2D eigenvalue weighted by atomic mass is 35.5. The van der Waals surface area contributed by atoms with Crippen LogP contribution >= 0.6 is 11.6 Å². The highest BCUT2D eigenvalue weighted by Crippen LogP contribution is 2.25. The highest BCUT2D eigenvalue weighted by molar-refractivity contribution is 6.31. The number of benzene rings is 2. The Morgan fingerprint density at radius 2 is 2.03 bits per heavy atom. The molecule has 1 aliphatic heterocycles. The number of aryl methyl sites for hydroxylation is 2. The van der Waals surface area contributed by atoms with Crippen LogP contribution in [0.2, 0.25) is 5.02 Å². The first kappa shape index (κ1) is 20.5. The van der Waals surface area contributed by atoms with Crippen molar-refractivity contribution in [3.05, 3.63) is 81.2 Å². The van der Waals surface area contributed by atoms with Crippen LogP contribution in [0.4, 0.5) is 5.69 Å². The topological polar surface area (TPSA) is 76.0 Å². The summed E-state index contributed by atoms with van der Waals surface area (Å²) < 4.78 is 2.05. The zero-order valence-corrected chi connectivity index (χ0v) is 18.3. The second-order valence-electron chi connectivity index (χ2n) is 8.04. The molecule has 0 aliphatic carbocycles. The highest BCUT2D eigenvalue weighted by Gasteiger charge is 2.19. The minimum Gasteiger partial charge on any atom is -0.384 e. The van der Waals surface area contributed by atoms with Crippen molar-refractivity contribution < 1.29 is 4.79 Å². The molecule has 0 spiro atoms. The Labute approximate surface area is 190 Å². The van der Waals surface area contributed by atoms with Crippen molar-refractivity contribution >= 4 is 45.0 Å². The normalized spacial score (nSPS) is 12.8. The van der Waals surface area contributed by atoms with Crippen molar-refractivity contribution in [3.63, 3.8) is 0 Å². The third-order valence-electron chi connectivity index (χ3n) is 5.93. The third kappa shape index (κ3) is 3.82. The van der Waals surface area contributed by atoms with Crippen molar-refractivity contribution in [3.8, 4) is 0 Å². The number of amides is 1. The number of carbonyl (C=O) groups is 1. The van der Waals surface area contributed by atoms with Crippen LogP contribution in [-0.2, 0) is 13.0 Å². The molecular weight excluding hydrogens is 424 g/mol. The van der Waals surface area contributed by atoms with Gasteiger partial charge >= 0.3 is 0 Å². The number of hydrogen-bond acceptors (Lipinski definition) is 4. The van der Waals surface area contributed by atoms with E-state index in [0.717, 1.165) is 47.9 Å². The van der Waals surface area contributed by atoms with Crippen molar-refractivity contribution in [2.45, 2.75) is 25.8 Å². The number of aromatic nitrogens is 2. The number of fused-ring (bicyclic) bond motifs is 1. The monoisotopic (exact) mass is 446 g/mol. The van der Waals surface area contributed by atoms with E-state index < -0.39 is 0 Å². The summed E-state index contributed by atoms with van der Waals surface area (Å²) in [6.45, 7) is 1.97. The predicted octanol–water partition coefficient (Wildman–Crippen LogP) is 4.38. The number of carbonyl (C=O) groups excluding carboxylic acids is 1. The average molecular weight is 447 g/mol. The summed E-state index contributed by atoms with van der Waals surface area (Å²) in [5.41, 5.74) is 3.96. The average Bonchev–Trinajstić information content (AvgIpc) is 2.80. The molecule has 0 radical (unpaired) electrons. The molecule has 7 heteroatoms. The second-order valence-corrected chi connectivity index (χ2v) is 8.47. The number of pyridine rings is 2. The maximum absolute atomic E-state index is 12.9. The molecule has 0 unspecified atom stereocenters. The van der Waals surface area contributed by atoms with Crippen LogP contribution in [0.15, 0.2) is 59.7 Å². The van der Waals surface area contributed by atoms with Crippen LogP contribution in [0.25, 0.3) is 21.8 Å². The minimum absolute atomic E-state index is 0.197. The molecule has 2 aromatic heterocycles. The van der Waals surface area contributed by atoms with Gasteiger partial charge in [0.05, 0.1) is 11.0 Å². The number of hydrogen-bond donors (Lipinski definition) is 2. The summed E-state index contributed by atoms with van der Waals surface area (Å²) in [7, 11) is 0. The largest absolute Gasteiger partial charge is 0.384 e. The van der Waals surface area contributed by atoms with Gasteiger partial charge in [-0.15, -0.1) is 0 Å². The van der Waals surface area contributed by atoms with Gasteiger partial charge in [0.1, 0.15) is 5.56 Å². The number of rotatable bonds is 6. The third-order valence-corrected chi connectivity index (χ3v) is 6.17. The molecule has 4 aromatic rings. The van der Waals surface area contributed by atoms with E-state index in [1.54, 1.807) is 12.4 Å². The lowest BCUT2D eigenvalue weighted by Gasteiger charge is -2.20. The van der Waals surface area contributed by atoms with Gasteiger partial charge in [-0.1, -0.05) is 23.7 Å². The van der Waals surface area contributed by atoms with Crippen molar-refractivity contribution in [2.24, 2.45) is 0 Å². The Bertz CT molecular complexity index is 1400. The summed E-state index contributed by atoms with van der Waals surface area (Å²) in [5, 5.41) is 8.56. The Balaban J connectivity index is 1.23. The molecule has 32 heavy (non-hydrogen) atoms. The van der Waals surface area contributed by atoms with Crippen LogP contribution < -0.4 is 16.1 Å². The Morgan fingerprint density at radius 1 is 1.12 bits per heavy atom. The van der Waals surface area contributed by atoms with E-state index >= 15 is 0 Å². The Hall–Kier alpha value is -3.38. The maximum Gasteiger partial charge on any atom is 0.256 e. The fourth-order valence-electron chi connectivity index (χ4n) is 4.40. The van der Waals surface area contributed by atoms with Crippen molar-refractivity contribution in [1.82, 2.24) is 14.9 Å². The van der Waals surface area contributed by atoms with Crippen LogP contribution in [0, 0.1) is 0 Å². The molecule has 3 heterocycles. The molecule has 0 saturated heterocycles. The molecular formula is C25H23ClN4O2. The van der Waals surface area contributed by atoms with E-state index in [1.807, 2.05) is 41.0 Å². The summed E-state index contributed by atoms with van der Waals surface area (Å²) in [6.07, 6.45) is 6.16. The molecule has 0 atom stereocenters. The lowest BCUT2D eigenvalue weighted by atomic mass is 10.00. The fraction of sp³-hybridized carbons (Fsp3) is 0.240. The van der Waals surface area contributed by atoms with Gasteiger partial charge in [-0.3, -0.25) is 14.6 Å². The van der Waals surface area contributed by atoms with Gasteiger partial charge in [0.25, 0.3) is 5.91 Å². The van der Waals surface area contributed by atoms with E-state index in [2.05, 4.69) is 21.7 Å². The molecule has 1 aliphatic rings. The minimum atomic E-state index is -0.319. The first-order valence-corrected chi connectivity index (χ1v) is 11.2. The smallest absolute Gasteiger partial charge is 0.256 e. The van der Waals surface area contributed by atoms with Crippen LogP contribution in [0.1, 0.15) is 28.8 Å². The number of anilines is 1. The summed E-state index contributed by atoms with van der Waals surface area (Å²) in [4.78, 5) is 30.0. The second kappa shape index (κ2) is 8.63. The maximum atomic E-state index is 12.9. The standard InChI is InChI=1S/C25H23ClN4O2/c26-17-7-8-18-21(9-12-28-22(18)14-17)27-10-3-11-29-25(32)20-15-30-13-2-5-16-4-1-6-19(23(16)30)24(20)31/h1,4,6-9,12,14-15H,2-3,5,10-11,13H2,(H,27,28)(H,29,32). The van der Waals surface area contributed by atoms with Gasteiger partial charge in [-0.2, -0.15) is 0 Å². The molecule has 2 aromatic carbocycles. The van der Waals surface area contributed by atoms with Gasteiger partial charge < -0.3 is 15.2 Å². The zero-order chi connectivity index (χ0) is 22.1. The number of nitrogens with one attached hydrogen (secondary N) is 2. The summed E-state index contributed by atoms with van der Waals surface area (Å²) >= 11 is 6.05. The summed E-state index contributed by atoms with van der Waals surface area (Å²) in [6, 6.07) is 13.3. The van der Waals surface area contributed by atoms with Gasteiger partial charge in [0, 0.05) is 53.5 Å². The van der Waals surface area contributed by atoms with E-state index in [0.29, 0.717) is 23.5 Å². The van der Waals surface area contributed by atoms with E-state index in [9.17, 15) is 9.59 Å². The first-order chi connectivity index (χ1) is 15.6. The molecule has 5 rings (SSSR count). The molecule has 6 nitrogen and oxygen atoms in total. The van der Waals surface area contributed by atoms with Crippen LogP contribution in [0.3, 0.4) is 0 Å². The van der Waals surface area contributed by atoms with Gasteiger partial charge in [-0.05, 0) is 55.2 Å². The molecule has 0 fully saturated rings. The number of halogens is 1. The quantitative estimate of drug-likeness (QED) is 0.431. The summed E-state index contributed by atoms with van der Waals surface area (Å²) in [5.74, 6) is -0.319. The number of nitrogens with zero attached hydrogens (tertiary/aromatic N) is 2. The predicted molar refractivity (Wildman–Crippen MR) is 129 cm³/mol. The Morgan fingerprint density at radius 3 is 2.94 bits per heavy atom. The van der Waals surface area contributed by atoms with Gasteiger partial charge in [-0.25, -0.2) is 0 Å². The molecule has 2 N–H and O–H groups in total. The van der Waals surface area contributed by atoms with E-state index in [4.69, 9.17) is 11.6 Å². The Kier molecular flexibility index (Phi) is 5.53. The first-order valence-electron chi connectivity index (χ1n) is 10.8. The molecule has 0 bridgehead atoms.